The van der Waals surface area contributed by atoms with Crippen LogP contribution in [0.25, 0.3) is 0 Å². The number of anilines is 2. The van der Waals surface area contributed by atoms with Crippen LogP contribution in [0, 0.1) is 5.41 Å². The lowest BCUT2D eigenvalue weighted by Crippen LogP contribution is -2.31. The van der Waals surface area contributed by atoms with E-state index in [2.05, 4.69) is 48.3 Å². The summed E-state index contributed by atoms with van der Waals surface area (Å²) in [6.45, 7) is 11.7. The van der Waals surface area contributed by atoms with Crippen LogP contribution >= 0.6 is 0 Å². The molecule has 1 aromatic rings. The molecule has 0 spiro atoms. The molecule has 0 bridgehead atoms. The second kappa shape index (κ2) is 5.14. The maximum Gasteiger partial charge on any atom is 0.131 e. The highest BCUT2D eigenvalue weighted by Crippen LogP contribution is 2.22. The monoisotopic (exact) mass is 222 g/mol. The molecule has 0 radical (unpaired) electrons. The van der Waals surface area contributed by atoms with Crippen molar-refractivity contribution in [3.05, 3.63) is 12.4 Å². The first-order valence-corrected chi connectivity index (χ1v) is 5.76. The van der Waals surface area contributed by atoms with Gasteiger partial charge in [0, 0.05) is 18.7 Å². The molecule has 1 heterocycles. The molecule has 1 unspecified atom stereocenters. The largest absolute Gasteiger partial charge is 0.370 e. The van der Waals surface area contributed by atoms with E-state index in [9.17, 15) is 0 Å². The summed E-state index contributed by atoms with van der Waals surface area (Å²) in [6.07, 6.45) is 1.58. The molecule has 0 aromatic carbocycles. The average molecular weight is 222 g/mol. The van der Waals surface area contributed by atoms with E-state index in [0.29, 0.717) is 6.04 Å². The van der Waals surface area contributed by atoms with Crippen molar-refractivity contribution in [2.24, 2.45) is 5.41 Å². The van der Waals surface area contributed by atoms with Gasteiger partial charge in [0.25, 0.3) is 0 Å². The molecule has 1 atom stereocenters. The lowest BCUT2D eigenvalue weighted by molar-refractivity contribution is 0.358. The number of hydrogen-bond acceptors (Lipinski definition) is 4. The maximum absolute atomic E-state index is 4.21. The Bertz CT molecular complexity index is 330. The Balaban J connectivity index is 2.70. The summed E-state index contributed by atoms with van der Waals surface area (Å²) in [5.41, 5.74) is 0.212. The second-order valence-electron chi connectivity index (χ2n) is 5.05. The molecule has 4 heteroatoms. The van der Waals surface area contributed by atoms with Gasteiger partial charge in [0.05, 0.1) is 0 Å². The van der Waals surface area contributed by atoms with Crippen LogP contribution in [0.15, 0.2) is 12.4 Å². The van der Waals surface area contributed by atoms with Crippen LogP contribution in [0.4, 0.5) is 11.6 Å². The van der Waals surface area contributed by atoms with Gasteiger partial charge in [-0.3, -0.25) is 0 Å². The number of nitrogens with one attached hydrogen (secondary N) is 2. The first-order chi connectivity index (χ1) is 7.43. The molecular weight excluding hydrogens is 200 g/mol. The van der Waals surface area contributed by atoms with Crippen LogP contribution < -0.4 is 10.6 Å². The minimum Gasteiger partial charge on any atom is -0.370 e. The summed E-state index contributed by atoms with van der Waals surface area (Å²) >= 11 is 0. The van der Waals surface area contributed by atoms with E-state index in [0.717, 1.165) is 18.2 Å². The minimum atomic E-state index is 0.212. The molecule has 0 amide bonds. The highest BCUT2D eigenvalue weighted by molar-refractivity contribution is 5.46. The van der Waals surface area contributed by atoms with Gasteiger partial charge in [-0.2, -0.15) is 0 Å². The van der Waals surface area contributed by atoms with Crippen LogP contribution in [-0.2, 0) is 0 Å². The summed E-state index contributed by atoms with van der Waals surface area (Å²) < 4.78 is 0. The first-order valence-electron chi connectivity index (χ1n) is 5.76. The molecule has 90 valence electrons. The van der Waals surface area contributed by atoms with Gasteiger partial charge in [0.15, 0.2) is 0 Å². The number of rotatable bonds is 4. The highest BCUT2D eigenvalue weighted by atomic mass is 15.1. The van der Waals surface area contributed by atoms with Crippen molar-refractivity contribution in [1.82, 2.24) is 9.97 Å². The molecule has 1 rings (SSSR count). The van der Waals surface area contributed by atoms with E-state index in [1.807, 2.05) is 13.0 Å². The molecule has 0 aliphatic rings. The van der Waals surface area contributed by atoms with Crippen LogP contribution in [0.5, 0.6) is 0 Å². The van der Waals surface area contributed by atoms with Crippen LogP contribution in [0.3, 0.4) is 0 Å². The van der Waals surface area contributed by atoms with E-state index in [-0.39, 0.29) is 5.41 Å². The maximum atomic E-state index is 4.21. The Labute approximate surface area is 97.9 Å². The van der Waals surface area contributed by atoms with Crippen molar-refractivity contribution < 1.29 is 0 Å². The molecule has 0 fully saturated rings. The summed E-state index contributed by atoms with van der Waals surface area (Å²) in [5, 5.41) is 6.56. The van der Waals surface area contributed by atoms with Gasteiger partial charge in [-0.05, 0) is 19.3 Å². The smallest absolute Gasteiger partial charge is 0.131 e. The summed E-state index contributed by atoms with van der Waals surface area (Å²) in [7, 11) is 0. The summed E-state index contributed by atoms with van der Waals surface area (Å²) in [6, 6.07) is 2.29. The number of aromatic nitrogens is 2. The van der Waals surface area contributed by atoms with Gasteiger partial charge in [0.1, 0.15) is 18.0 Å². The fourth-order valence-corrected chi connectivity index (χ4v) is 1.15. The molecule has 16 heavy (non-hydrogen) atoms. The Morgan fingerprint density at radius 3 is 2.44 bits per heavy atom. The van der Waals surface area contributed by atoms with Crippen LogP contribution in [0.2, 0.25) is 0 Å². The van der Waals surface area contributed by atoms with Crippen molar-refractivity contribution in [2.75, 3.05) is 17.2 Å². The number of nitrogens with zero attached hydrogens (tertiary/aromatic N) is 2. The fourth-order valence-electron chi connectivity index (χ4n) is 1.15. The lowest BCUT2D eigenvalue weighted by Gasteiger charge is -2.28. The number of hydrogen-bond donors (Lipinski definition) is 2. The topological polar surface area (TPSA) is 49.8 Å². The lowest BCUT2D eigenvalue weighted by atomic mass is 9.88. The van der Waals surface area contributed by atoms with Gasteiger partial charge in [-0.1, -0.05) is 20.8 Å². The van der Waals surface area contributed by atoms with E-state index in [4.69, 9.17) is 0 Å². The quantitative estimate of drug-likeness (QED) is 0.822. The third kappa shape index (κ3) is 3.68. The van der Waals surface area contributed by atoms with Gasteiger partial charge >= 0.3 is 0 Å². The highest BCUT2D eigenvalue weighted by Gasteiger charge is 2.19. The van der Waals surface area contributed by atoms with Gasteiger partial charge in [-0.25, -0.2) is 9.97 Å². The van der Waals surface area contributed by atoms with E-state index in [1.54, 1.807) is 6.33 Å². The molecule has 0 saturated carbocycles. The third-order valence-corrected chi connectivity index (χ3v) is 2.69. The predicted molar refractivity (Wildman–Crippen MR) is 68.7 cm³/mol. The van der Waals surface area contributed by atoms with Gasteiger partial charge in [-0.15, -0.1) is 0 Å². The molecule has 0 saturated heterocycles. The average Bonchev–Trinajstić information content (AvgIpc) is 2.17. The Morgan fingerprint density at radius 2 is 1.88 bits per heavy atom. The SMILES string of the molecule is CCNc1cc(NC(C)C(C)(C)C)ncn1. The van der Waals surface area contributed by atoms with Crippen molar-refractivity contribution in [3.8, 4) is 0 Å². The molecular formula is C12H22N4. The Morgan fingerprint density at radius 1 is 1.25 bits per heavy atom. The van der Waals surface area contributed by atoms with E-state index < -0.39 is 0 Å². The molecule has 0 aliphatic heterocycles. The van der Waals surface area contributed by atoms with Crippen LogP contribution in [0.1, 0.15) is 34.6 Å². The normalized spacial score (nSPS) is 13.3. The Kier molecular flexibility index (Phi) is 4.10. The van der Waals surface area contributed by atoms with Crippen LogP contribution in [-0.4, -0.2) is 22.6 Å². The second-order valence-corrected chi connectivity index (χ2v) is 5.05. The van der Waals surface area contributed by atoms with Crippen molar-refractivity contribution in [1.29, 1.82) is 0 Å². The zero-order valence-electron chi connectivity index (χ0n) is 10.8. The zero-order chi connectivity index (χ0) is 12.2. The van der Waals surface area contributed by atoms with E-state index in [1.165, 1.54) is 0 Å². The summed E-state index contributed by atoms with van der Waals surface area (Å²) in [4.78, 5) is 8.35. The first kappa shape index (κ1) is 12.7. The fraction of sp³-hybridized carbons (Fsp3) is 0.667. The Hall–Kier alpha value is -1.32. The van der Waals surface area contributed by atoms with E-state index >= 15 is 0 Å². The molecule has 4 nitrogen and oxygen atoms in total. The van der Waals surface area contributed by atoms with Gasteiger partial charge in [0.2, 0.25) is 0 Å². The third-order valence-electron chi connectivity index (χ3n) is 2.69. The molecule has 0 aliphatic carbocycles. The minimum absolute atomic E-state index is 0.212. The summed E-state index contributed by atoms with van der Waals surface area (Å²) in [5.74, 6) is 1.73. The van der Waals surface area contributed by atoms with Crippen molar-refractivity contribution >= 4 is 11.6 Å². The zero-order valence-corrected chi connectivity index (χ0v) is 10.8. The predicted octanol–water partition coefficient (Wildman–Crippen LogP) is 2.75. The molecule has 1 aromatic heterocycles. The van der Waals surface area contributed by atoms with Crippen molar-refractivity contribution in [2.45, 2.75) is 40.7 Å². The van der Waals surface area contributed by atoms with Crippen molar-refractivity contribution in [3.63, 3.8) is 0 Å². The standard InChI is InChI=1S/C12H22N4/c1-6-13-10-7-11(15-8-14-10)16-9(2)12(3,4)5/h7-9H,6H2,1-5H3,(H2,13,14,15,16). The molecule has 2 N–H and O–H groups in total. The van der Waals surface area contributed by atoms with Gasteiger partial charge < -0.3 is 10.6 Å².